The van der Waals surface area contributed by atoms with Crippen LogP contribution in [0, 0.1) is 0 Å². The van der Waals surface area contributed by atoms with Gasteiger partial charge in [0, 0.05) is 49.7 Å². The number of carbonyl (C=O) groups excluding carboxylic acids is 1. The standard InChI is InChI=1S/C19H22ClN5O3/c1-28-18-10-15(2-3-16(18)20)22-6-8-23(9-7-22)19(26)13-25-17-12-24(27)5-4-14(17)11-21-25/h2-5,10-11,27H,6-9,12-13H2,1H3. The van der Waals surface area contributed by atoms with Crippen molar-refractivity contribution in [1.29, 1.82) is 0 Å². The lowest BCUT2D eigenvalue weighted by Crippen LogP contribution is -2.49. The number of ether oxygens (including phenoxy) is 1. The first kappa shape index (κ1) is 18.6. The number of aromatic nitrogens is 2. The molecule has 9 heteroatoms. The maximum Gasteiger partial charge on any atom is 0.244 e. The van der Waals surface area contributed by atoms with Gasteiger partial charge in [0.1, 0.15) is 12.3 Å². The van der Waals surface area contributed by atoms with Gasteiger partial charge in [0.2, 0.25) is 5.91 Å². The minimum Gasteiger partial charge on any atom is -0.495 e. The Balaban J connectivity index is 1.37. The molecular weight excluding hydrogens is 382 g/mol. The van der Waals surface area contributed by atoms with Crippen molar-refractivity contribution in [3.05, 3.63) is 46.9 Å². The number of rotatable bonds is 4. The summed E-state index contributed by atoms with van der Waals surface area (Å²) in [5, 5.41) is 15.6. The average molecular weight is 404 g/mol. The SMILES string of the molecule is COc1cc(N2CCN(C(=O)Cn3ncc4c3CN(O)C=C4)CC2)ccc1Cl. The number of nitrogens with zero attached hydrogens (tertiary/aromatic N) is 5. The smallest absolute Gasteiger partial charge is 0.244 e. The van der Waals surface area contributed by atoms with Crippen LogP contribution in [-0.2, 0) is 17.9 Å². The summed E-state index contributed by atoms with van der Waals surface area (Å²) in [6.07, 6.45) is 5.09. The number of hydrogen-bond donors (Lipinski definition) is 1. The third-order valence-electron chi connectivity index (χ3n) is 5.14. The van der Waals surface area contributed by atoms with Crippen molar-refractivity contribution in [2.45, 2.75) is 13.1 Å². The van der Waals surface area contributed by atoms with E-state index >= 15 is 0 Å². The lowest BCUT2D eigenvalue weighted by Gasteiger charge is -2.36. The summed E-state index contributed by atoms with van der Waals surface area (Å²) in [6.45, 7) is 3.25. The molecule has 0 bridgehead atoms. The predicted octanol–water partition coefficient (Wildman–Crippen LogP) is 2.07. The van der Waals surface area contributed by atoms with Crippen LogP contribution in [0.25, 0.3) is 6.08 Å². The first-order valence-electron chi connectivity index (χ1n) is 9.10. The van der Waals surface area contributed by atoms with Gasteiger partial charge in [0.05, 0.1) is 30.6 Å². The lowest BCUT2D eigenvalue weighted by atomic mass is 10.2. The third kappa shape index (κ3) is 3.65. The molecule has 3 heterocycles. The van der Waals surface area contributed by atoms with Crippen LogP contribution in [-0.4, -0.2) is 64.1 Å². The highest BCUT2D eigenvalue weighted by Crippen LogP contribution is 2.29. The van der Waals surface area contributed by atoms with Crippen molar-refractivity contribution in [2.24, 2.45) is 0 Å². The largest absolute Gasteiger partial charge is 0.495 e. The Labute approximate surface area is 168 Å². The van der Waals surface area contributed by atoms with E-state index in [0.717, 1.165) is 35.1 Å². The monoisotopic (exact) mass is 403 g/mol. The molecule has 1 aromatic carbocycles. The van der Waals surface area contributed by atoms with Gasteiger partial charge in [-0.15, -0.1) is 0 Å². The molecule has 8 nitrogen and oxygen atoms in total. The maximum atomic E-state index is 12.7. The molecule has 1 saturated heterocycles. The van der Waals surface area contributed by atoms with Gasteiger partial charge in [-0.1, -0.05) is 11.6 Å². The number of hydroxylamine groups is 2. The minimum atomic E-state index is 0.0262. The highest BCUT2D eigenvalue weighted by atomic mass is 35.5. The lowest BCUT2D eigenvalue weighted by molar-refractivity contribution is -0.132. The molecule has 1 amide bonds. The van der Waals surface area contributed by atoms with Crippen molar-refractivity contribution >= 4 is 29.3 Å². The number of halogens is 1. The third-order valence-corrected chi connectivity index (χ3v) is 5.45. The van der Waals surface area contributed by atoms with Crippen LogP contribution in [0.4, 0.5) is 5.69 Å². The van der Waals surface area contributed by atoms with E-state index in [9.17, 15) is 10.0 Å². The number of benzene rings is 1. The molecule has 0 atom stereocenters. The van der Waals surface area contributed by atoms with E-state index < -0.39 is 0 Å². The van der Waals surface area contributed by atoms with Crippen LogP contribution >= 0.6 is 11.6 Å². The summed E-state index contributed by atoms with van der Waals surface area (Å²) in [4.78, 5) is 16.8. The number of anilines is 1. The number of hydrogen-bond acceptors (Lipinski definition) is 6. The zero-order valence-corrected chi connectivity index (χ0v) is 16.3. The highest BCUT2D eigenvalue weighted by molar-refractivity contribution is 6.32. The second-order valence-electron chi connectivity index (χ2n) is 6.80. The van der Waals surface area contributed by atoms with Crippen molar-refractivity contribution < 1.29 is 14.7 Å². The molecule has 28 heavy (non-hydrogen) atoms. The molecular formula is C19H22ClN5O3. The molecule has 4 rings (SSSR count). The normalized spacial score (nSPS) is 16.3. The van der Waals surface area contributed by atoms with Crippen molar-refractivity contribution in [2.75, 3.05) is 38.2 Å². The number of carbonyl (C=O) groups is 1. The summed E-state index contributed by atoms with van der Waals surface area (Å²) in [5.74, 6) is 0.673. The molecule has 1 aromatic heterocycles. The molecule has 2 aliphatic heterocycles. The maximum absolute atomic E-state index is 12.7. The van der Waals surface area contributed by atoms with Gasteiger partial charge in [-0.05, 0) is 18.2 Å². The van der Waals surface area contributed by atoms with Crippen LogP contribution in [0.5, 0.6) is 5.75 Å². The zero-order chi connectivity index (χ0) is 19.7. The molecule has 0 saturated carbocycles. The Morgan fingerprint density at radius 2 is 2.07 bits per heavy atom. The van der Waals surface area contributed by atoms with E-state index in [2.05, 4.69) is 10.00 Å². The Kier molecular flexibility index (Phi) is 5.15. The van der Waals surface area contributed by atoms with Crippen LogP contribution in [0.1, 0.15) is 11.3 Å². The molecule has 148 valence electrons. The molecule has 2 aromatic rings. The molecule has 0 spiro atoms. The van der Waals surface area contributed by atoms with Gasteiger partial charge in [-0.3, -0.25) is 19.7 Å². The molecule has 1 N–H and O–H groups in total. The number of amides is 1. The molecule has 1 fully saturated rings. The van der Waals surface area contributed by atoms with Crippen LogP contribution < -0.4 is 9.64 Å². The molecule has 0 unspecified atom stereocenters. The van der Waals surface area contributed by atoms with Crippen molar-refractivity contribution in [3.63, 3.8) is 0 Å². The summed E-state index contributed by atoms with van der Waals surface area (Å²) in [6, 6.07) is 5.71. The fourth-order valence-electron chi connectivity index (χ4n) is 3.53. The second-order valence-corrected chi connectivity index (χ2v) is 7.21. The fourth-order valence-corrected chi connectivity index (χ4v) is 3.73. The minimum absolute atomic E-state index is 0.0262. The van der Waals surface area contributed by atoms with E-state index in [1.54, 1.807) is 30.3 Å². The van der Waals surface area contributed by atoms with Crippen molar-refractivity contribution in [3.8, 4) is 5.75 Å². The topological polar surface area (TPSA) is 74.1 Å². The molecule has 0 radical (unpaired) electrons. The zero-order valence-electron chi connectivity index (χ0n) is 15.6. The molecule has 2 aliphatic rings. The molecule has 0 aliphatic carbocycles. The Bertz CT molecular complexity index is 905. The number of piperazine rings is 1. The Morgan fingerprint density at radius 1 is 1.29 bits per heavy atom. The summed E-state index contributed by atoms with van der Waals surface area (Å²) in [5.41, 5.74) is 2.80. The van der Waals surface area contributed by atoms with Crippen LogP contribution in [0.2, 0.25) is 5.02 Å². The van der Waals surface area contributed by atoms with Gasteiger partial charge in [0.25, 0.3) is 0 Å². The van der Waals surface area contributed by atoms with E-state index in [0.29, 0.717) is 30.4 Å². The van der Waals surface area contributed by atoms with E-state index in [4.69, 9.17) is 16.3 Å². The van der Waals surface area contributed by atoms with Gasteiger partial charge in [0.15, 0.2) is 0 Å². The first-order chi connectivity index (χ1) is 13.5. The number of fused-ring (bicyclic) bond motifs is 1. The summed E-state index contributed by atoms with van der Waals surface area (Å²) < 4.78 is 6.96. The van der Waals surface area contributed by atoms with E-state index in [1.165, 1.54) is 0 Å². The Hall–Kier alpha value is -2.71. The number of methoxy groups -OCH3 is 1. The van der Waals surface area contributed by atoms with Gasteiger partial charge in [-0.2, -0.15) is 5.10 Å². The van der Waals surface area contributed by atoms with Gasteiger partial charge in [-0.25, -0.2) is 0 Å². The van der Waals surface area contributed by atoms with Crippen LogP contribution in [0.15, 0.2) is 30.6 Å². The van der Waals surface area contributed by atoms with E-state index in [1.807, 2.05) is 23.1 Å². The first-order valence-corrected chi connectivity index (χ1v) is 9.47. The Morgan fingerprint density at radius 3 is 2.82 bits per heavy atom. The highest BCUT2D eigenvalue weighted by Gasteiger charge is 2.24. The van der Waals surface area contributed by atoms with Crippen LogP contribution in [0.3, 0.4) is 0 Å². The summed E-state index contributed by atoms with van der Waals surface area (Å²) >= 11 is 6.10. The van der Waals surface area contributed by atoms with Gasteiger partial charge >= 0.3 is 0 Å². The quantitative estimate of drug-likeness (QED) is 0.842. The van der Waals surface area contributed by atoms with Gasteiger partial charge < -0.3 is 14.5 Å². The fraction of sp³-hybridized carbons (Fsp3) is 0.368. The van der Waals surface area contributed by atoms with Crippen molar-refractivity contribution in [1.82, 2.24) is 19.7 Å². The average Bonchev–Trinajstić information content (AvgIpc) is 3.10. The summed E-state index contributed by atoms with van der Waals surface area (Å²) in [7, 11) is 1.60. The second kappa shape index (κ2) is 7.73. The predicted molar refractivity (Wildman–Crippen MR) is 105 cm³/mol. The van der Waals surface area contributed by atoms with E-state index in [-0.39, 0.29) is 12.5 Å².